The van der Waals surface area contributed by atoms with Crippen LogP contribution in [0.3, 0.4) is 0 Å². The third-order valence-electron chi connectivity index (χ3n) is 3.85. The lowest BCUT2D eigenvalue weighted by molar-refractivity contribution is -0.119. The molecule has 3 rings (SSSR count). The maximum Gasteiger partial charge on any atom is 0.231 e. The second kappa shape index (κ2) is 5.47. The SMILES string of the molecule is NC(=O)CN1Cc2ccccc2C(c2ccccc2)C1. The second-order valence-corrected chi connectivity index (χ2v) is 5.30. The number of carbonyl (C=O) groups is 1. The summed E-state index contributed by atoms with van der Waals surface area (Å²) >= 11 is 0. The van der Waals surface area contributed by atoms with E-state index in [1.165, 1.54) is 16.7 Å². The van der Waals surface area contributed by atoms with Gasteiger partial charge in [0.05, 0.1) is 6.54 Å². The van der Waals surface area contributed by atoms with Crippen molar-refractivity contribution in [2.75, 3.05) is 13.1 Å². The monoisotopic (exact) mass is 266 g/mol. The third kappa shape index (κ3) is 2.58. The number of nitrogens with two attached hydrogens (primary N) is 1. The van der Waals surface area contributed by atoms with Crippen LogP contribution in [-0.2, 0) is 11.3 Å². The Morgan fingerprint density at radius 3 is 2.55 bits per heavy atom. The molecule has 3 nitrogen and oxygen atoms in total. The molecule has 0 aromatic heterocycles. The smallest absolute Gasteiger partial charge is 0.231 e. The van der Waals surface area contributed by atoms with Crippen LogP contribution >= 0.6 is 0 Å². The number of nitrogens with zero attached hydrogens (tertiary/aromatic N) is 1. The minimum atomic E-state index is -0.267. The number of primary amides is 1. The Kier molecular flexibility index (Phi) is 3.52. The van der Waals surface area contributed by atoms with E-state index in [1.54, 1.807) is 0 Å². The Labute approximate surface area is 119 Å². The molecule has 20 heavy (non-hydrogen) atoms. The minimum absolute atomic E-state index is 0.267. The molecular formula is C17H18N2O. The number of rotatable bonds is 3. The lowest BCUT2D eigenvalue weighted by Gasteiger charge is -2.34. The molecule has 2 N–H and O–H groups in total. The number of hydrogen-bond acceptors (Lipinski definition) is 2. The quantitative estimate of drug-likeness (QED) is 0.925. The molecule has 1 amide bonds. The van der Waals surface area contributed by atoms with E-state index in [0.717, 1.165) is 13.1 Å². The summed E-state index contributed by atoms with van der Waals surface area (Å²) in [6, 6.07) is 18.9. The molecule has 0 spiro atoms. The van der Waals surface area contributed by atoms with E-state index in [9.17, 15) is 4.79 Å². The van der Waals surface area contributed by atoms with Gasteiger partial charge in [-0.2, -0.15) is 0 Å². The number of carbonyl (C=O) groups excluding carboxylic acids is 1. The molecule has 3 heteroatoms. The van der Waals surface area contributed by atoms with Crippen molar-refractivity contribution in [3.8, 4) is 0 Å². The highest BCUT2D eigenvalue weighted by Crippen LogP contribution is 2.33. The van der Waals surface area contributed by atoms with Gasteiger partial charge in [-0.25, -0.2) is 0 Å². The van der Waals surface area contributed by atoms with Gasteiger partial charge in [0.1, 0.15) is 0 Å². The van der Waals surface area contributed by atoms with E-state index in [0.29, 0.717) is 12.5 Å². The number of fused-ring (bicyclic) bond motifs is 1. The Bertz CT molecular complexity index is 609. The first-order valence-electron chi connectivity index (χ1n) is 6.87. The van der Waals surface area contributed by atoms with Gasteiger partial charge in [-0.3, -0.25) is 9.69 Å². The maximum atomic E-state index is 11.2. The van der Waals surface area contributed by atoms with E-state index in [-0.39, 0.29) is 5.91 Å². The molecule has 0 bridgehead atoms. The predicted octanol–water partition coefficient (Wildman–Crippen LogP) is 2.12. The molecule has 1 heterocycles. The number of amides is 1. The fourth-order valence-electron chi connectivity index (χ4n) is 2.99. The van der Waals surface area contributed by atoms with Gasteiger partial charge in [0, 0.05) is 19.0 Å². The first kappa shape index (κ1) is 12.9. The second-order valence-electron chi connectivity index (χ2n) is 5.30. The van der Waals surface area contributed by atoms with E-state index in [1.807, 2.05) is 6.07 Å². The van der Waals surface area contributed by atoms with Gasteiger partial charge in [-0.1, -0.05) is 54.6 Å². The summed E-state index contributed by atoms with van der Waals surface area (Å²) in [6.07, 6.45) is 0. The van der Waals surface area contributed by atoms with E-state index >= 15 is 0 Å². The maximum absolute atomic E-state index is 11.2. The number of benzene rings is 2. The third-order valence-corrected chi connectivity index (χ3v) is 3.85. The van der Waals surface area contributed by atoms with Crippen LogP contribution in [-0.4, -0.2) is 23.9 Å². The summed E-state index contributed by atoms with van der Waals surface area (Å²) in [6.45, 7) is 1.95. The molecule has 1 aliphatic rings. The Morgan fingerprint density at radius 2 is 1.80 bits per heavy atom. The van der Waals surface area contributed by atoms with Crippen LogP contribution in [0.5, 0.6) is 0 Å². The largest absolute Gasteiger partial charge is 0.369 e. The predicted molar refractivity (Wildman–Crippen MR) is 79.2 cm³/mol. The van der Waals surface area contributed by atoms with Gasteiger partial charge < -0.3 is 5.73 Å². The lowest BCUT2D eigenvalue weighted by atomic mass is 9.85. The van der Waals surface area contributed by atoms with Crippen molar-refractivity contribution >= 4 is 5.91 Å². The fraction of sp³-hybridized carbons (Fsp3) is 0.235. The van der Waals surface area contributed by atoms with Crippen molar-refractivity contribution in [2.45, 2.75) is 12.5 Å². The van der Waals surface area contributed by atoms with Gasteiger partial charge in [0.25, 0.3) is 0 Å². The normalized spacial score (nSPS) is 18.5. The van der Waals surface area contributed by atoms with Crippen LogP contribution in [0.15, 0.2) is 54.6 Å². The molecule has 0 fully saturated rings. The lowest BCUT2D eigenvalue weighted by Crippen LogP contribution is -2.39. The van der Waals surface area contributed by atoms with Crippen LogP contribution in [0.2, 0.25) is 0 Å². The molecule has 102 valence electrons. The topological polar surface area (TPSA) is 46.3 Å². The highest BCUT2D eigenvalue weighted by atomic mass is 16.1. The summed E-state index contributed by atoms with van der Waals surface area (Å²) < 4.78 is 0. The van der Waals surface area contributed by atoms with Crippen LogP contribution in [0.25, 0.3) is 0 Å². The van der Waals surface area contributed by atoms with Crippen molar-refractivity contribution < 1.29 is 4.79 Å². The van der Waals surface area contributed by atoms with Crippen molar-refractivity contribution in [3.63, 3.8) is 0 Å². The van der Waals surface area contributed by atoms with Gasteiger partial charge in [0.2, 0.25) is 5.91 Å². The van der Waals surface area contributed by atoms with Crippen molar-refractivity contribution in [3.05, 3.63) is 71.3 Å². The number of hydrogen-bond donors (Lipinski definition) is 1. The van der Waals surface area contributed by atoms with Crippen LogP contribution in [0.1, 0.15) is 22.6 Å². The van der Waals surface area contributed by atoms with E-state index in [4.69, 9.17) is 5.73 Å². The molecule has 1 atom stereocenters. The molecule has 0 radical (unpaired) electrons. The van der Waals surface area contributed by atoms with Crippen molar-refractivity contribution in [1.29, 1.82) is 0 Å². The molecule has 0 saturated carbocycles. The average Bonchev–Trinajstić information content (AvgIpc) is 2.47. The average molecular weight is 266 g/mol. The first-order chi connectivity index (χ1) is 9.74. The van der Waals surface area contributed by atoms with Crippen LogP contribution in [0, 0.1) is 0 Å². The summed E-state index contributed by atoms with van der Waals surface area (Å²) in [5, 5.41) is 0. The molecular weight excluding hydrogens is 248 g/mol. The zero-order valence-electron chi connectivity index (χ0n) is 11.3. The van der Waals surface area contributed by atoms with E-state index < -0.39 is 0 Å². The summed E-state index contributed by atoms with van der Waals surface area (Å²) in [4.78, 5) is 13.3. The highest BCUT2D eigenvalue weighted by molar-refractivity contribution is 5.76. The van der Waals surface area contributed by atoms with Crippen molar-refractivity contribution in [1.82, 2.24) is 4.90 Å². The summed E-state index contributed by atoms with van der Waals surface area (Å²) in [5.74, 6) is 0.0386. The molecule has 2 aromatic carbocycles. The van der Waals surface area contributed by atoms with Gasteiger partial charge in [-0.05, 0) is 16.7 Å². The minimum Gasteiger partial charge on any atom is -0.369 e. The highest BCUT2D eigenvalue weighted by Gasteiger charge is 2.26. The zero-order chi connectivity index (χ0) is 13.9. The van der Waals surface area contributed by atoms with Crippen molar-refractivity contribution in [2.24, 2.45) is 5.73 Å². The Hall–Kier alpha value is -2.13. The Morgan fingerprint density at radius 1 is 1.10 bits per heavy atom. The Balaban J connectivity index is 1.97. The molecule has 0 saturated heterocycles. The molecule has 0 aliphatic carbocycles. The van der Waals surface area contributed by atoms with Gasteiger partial charge >= 0.3 is 0 Å². The van der Waals surface area contributed by atoms with Crippen LogP contribution in [0.4, 0.5) is 0 Å². The summed E-state index contributed by atoms with van der Waals surface area (Å²) in [5.41, 5.74) is 9.28. The fourth-order valence-corrected chi connectivity index (χ4v) is 2.99. The molecule has 1 aliphatic heterocycles. The summed E-state index contributed by atoms with van der Waals surface area (Å²) in [7, 11) is 0. The van der Waals surface area contributed by atoms with Gasteiger partial charge in [-0.15, -0.1) is 0 Å². The first-order valence-corrected chi connectivity index (χ1v) is 6.87. The molecule has 2 aromatic rings. The van der Waals surface area contributed by atoms with Gasteiger partial charge in [0.15, 0.2) is 0 Å². The van der Waals surface area contributed by atoms with Crippen LogP contribution < -0.4 is 5.73 Å². The van der Waals surface area contributed by atoms with E-state index in [2.05, 4.69) is 53.4 Å². The molecule has 1 unspecified atom stereocenters. The standard InChI is InChI=1S/C17H18N2O/c18-17(20)12-19-10-14-8-4-5-9-15(14)16(11-19)13-6-2-1-3-7-13/h1-9,16H,10-12H2,(H2,18,20). The zero-order valence-corrected chi connectivity index (χ0v) is 11.3.